The number of aliphatic hydroxyl groups excluding tert-OH is 1. The Morgan fingerprint density at radius 2 is 1.76 bits per heavy atom. The molecule has 34 heavy (non-hydrogen) atoms. The number of anilines is 1. The predicted molar refractivity (Wildman–Crippen MR) is 110 cm³/mol. The number of rotatable bonds is 10. The summed E-state index contributed by atoms with van der Waals surface area (Å²) >= 11 is 0. The molecule has 1 aliphatic rings. The van der Waals surface area contributed by atoms with E-state index in [9.17, 15) is 28.6 Å². The Labute approximate surface area is 191 Å². The summed E-state index contributed by atoms with van der Waals surface area (Å²) in [5.41, 5.74) is 0.767. The Hall–Kier alpha value is -1.36. The normalized spacial score (nSPS) is 26.9. The second kappa shape index (κ2) is 9.95. The Morgan fingerprint density at radius 3 is 2.35 bits per heavy atom. The molecule has 2 unspecified atom stereocenters. The Kier molecular flexibility index (Phi) is 7.97. The lowest BCUT2D eigenvalue weighted by molar-refractivity contribution is -0.0577. The Balaban J connectivity index is 1.76. The molecule has 0 amide bonds. The van der Waals surface area contributed by atoms with Gasteiger partial charge in [0.15, 0.2) is 23.2 Å². The molecule has 1 aliphatic heterocycles. The zero-order chi connectivity index (χ0) is 25.5. The van der Waals surface area contributed by atoms with Gasteiger partial charge in [0.05, 0.1) is 12.9 Å². The maximum atomic E-state index is 12.0. The van der Waals surface area contributed by atoms with E-state index >= 15 is 0 Å². The van der Waals surface area contributed by atoms with E-state index in [0.29, 0.717) is 17.0 Å². The molecular weight excluding hydrogens is 527 g/mol. The van der Waals surface area contributed by atoms with E-state index in [1.807, 2.05) is 0 Å². The van der Waals surface area contributed by atoms with Gasteiger partial charge in [0.2, 0.25) is 0 Å². The van der Waals surface area contributed by atoms with E-state index in [2.05, 4.69) is 28.1 Å². The van der Waals surface area contributed by atoms with Crippen molar-refractivity contribution >= 4 is 40.4 Å². The SMILES string of the molecule is CO[C@@H]1[C@H](O)[C@@H](COP(=O)(O)OP(=O)(O)OP(=O)(O)O)O[C@H]1n1cnc2c(N(C)C)ncnc21. The molecule has 5 N–H and O–H groups in total. The predicted octanol–water partition coefficient (Wildman–Crippen LogP) is -0.491. The van der Waals surface area contributed by atoms with Gasteiger partial charge < -0.3 is 39.1 Å². The smallest absolute Gasteiger partial charge is 0.387 e. The highest BCUT2D eigenvalue weighted by molar-refractivity contribution is 7.66. The molecular formula is C13H22N5O13P3. The molecule has 6 atom stereocenters. The van der Waals surface area contributed by atoms with Crippen LogP contribution in [0.15, 0.2) is 12.7 Å². The summed E-state index contributed by atoms with van der Waals surface area (Å²) in [6, 6.07) is 0. The third kappa shape index (κ3) is 6.25. The van der Waals surface area contributed by atoms with Crippen molar-refractivity contribution in [3.8, 4) is 0 Å². The number of fused-ring (bicyclic) bond motifs is 1. The van der Waals surface area contributed by atoms with E-state index in [-0.39, 0.29) is 0 Å². The van der Waals surface area contributed by atoms with Crippen molar-refractivity contribution < 1.29 is 61.0 Å². The summed E-state index contributed by atoms with van der Waals surface area (Å²) in [5.74, 6) is 0.514. The van der Waals surface area contributed by atoms with Gasteiger partial charge >= 0.3 is 23.5 Å². The number of aliphatic hydroxyl groups is 1. The van der Waals surface area contributed by atoms with E-state index < -0.39 is 54.6 Å². The Bertz CT molecular complexity index is 1170. The van der Waals surface area contributed by atoms with Crippen LogP contribution in [0.25, 0.3) is 11.2 Å². The van der Waals surface area contributed by atoms with E-state index in [0.717, 1.165) is 0 Å². The summed E-state index contributed by atoms with van der Waals surface area (Å²) in [6.45, 7) is -0.855. The molecule has 0 aliphatic carbocycles. The van der Waals surface area contributed by atoms with Gasteiger partial charge in [-0.1, -0.05) is 0 Å². The second-order valence-electron chi connectivity index (χ2n) is 7.06. The number of methoxy groups -OCH3 is 1. The van der Waals surface area contributed by atoms with Crippen molar-refractivity contribution in [3.63, 3.8) is 0 Å². The van der Waals surface area contributed by atoms with Crippen LogP contribution in [0.5, 0.6) is 0 Å². The number of phosphoric ester groups is 1. The monoisotopic (exact) mass is 549 g/mol. The molecule has 192 valence electrons. The zero-order valence-electron chi connectivity index (χ0n) is 17.8. The maximum absolute atomic E-state index is 12.0. The van der Waals surface area contributed by atoms with Crippen LogP contribution in [-0.4, -0.2) is 90.3 Å². The highest BCUT2D eigenvalue weighted by Crippen LogP contribution is 2.66. The average Bonchev–Trinajstić information content (AvgIpc) is 3.23. The highest BCUT2D eigenvalue weighted by atomic mass is 31.3. The molecule has 18 nitrogen and oxygen atoms in total. The van der Waals surface area contributed by atoms with Crippen LogP contribution in [0.3, 0.4) is 0 Å². The molecule has 0 radical (unpaired) electrons. The maximum Gasteiger partial charge on any atom is 0.490 e. The number of nitrogens with zero attached hydrogens (tertiary/aromatic N) is 5. The molecule has 21 heteroatoms. The first-order valence-electron chi connectivity index (χ1n) is 9.13. The van der Waals surface area contributed by atoms with Gasteiger partial charge in [-0.05, 0) is 0 Å². The average molecular weight is 549 g/mol. The topological polar surface area (TPSA) is 245 Å². The van der Waals surface area contributed by atoms with Crippen molar-refractivity contribution in [1.29, 1.82) is 0 Å². The molecule has 0 aromatic carbocycles. The lowest BCUT2D eigenvalue weighted by atomic mass is 10.1. The first-order valence-corrected chi connectivity index (χ1v) is 13.7. The van der Waals surface area contributed by atoms with E-state index in [1.54, 1.807) is 19.0 Å². The van der Waals surface area contributed by atoms with Crippen LogP contribution in [-0.2, 0) is 36.3 Å². The fourth-order valence-electron chi connectivity index (χ4n) is 3.16. The molecule has 0 spiro atoms. The fourth-order valence-corrected chi connectivity index (χ4v) is 6.19. The molecule has 1 saturated heterocycles. The van der Waals surface area contributed by atoms with E-state index in [1.165, 1.54) is 24.3 Å². The minimum atomic E-state index is -5.68. The number of hydrogen-bond acceptors (Lipinski definition) is 13. The van der Waals surface area contributed by atoms with Crippen molar-refractivity contribution in [1.82, 2.24) is 19.5 Å². The van der Waals surface area contributed by atoms with Crippen LogP contribution < -0.4 is 4.90 Å². The Morgan fingerprint density at radius 1 is 1.09 bits per heavy atom. The van der Waals surface area contributed by atoms with Crippen molar-refractivity contribution in [2.24, 2.45) is 0 Å². The molecule has 3 heterocycles. The van der Waals surface area contributed by atoms with Crippen LogP contribution >= 0.6 is 23.5 Å². The van der Waals surface area contributed by atoms with Gasteiger partial charge in [0.1, 0.15) is 24.6 Å². The van der Waals surface area contributed by atoms with Crippen molar-refractivity contribution in [3.05, 3.63) is 12.7 Å². The van der Waals surface area contributed by atoms with Crippen LogP contribution in [0, 0.1) is 0 Å². The van der Waals surface area contributed by atoms with Gasteiger partial charge in [-0.25, -0.2) is 28.6 Å². The van der Waals surface area contributed by atoms with Gasteiger partial charge in [-0.15, -0.1) is 0 Å². The number of phosphoric acid groups is 3. The minimum Gasteiger partial charge on any atom is -0.387 e. The van der Waals surface area contributed by atoms with Crippen molar-refractivity contribution in [2.75, 3.05) is 32.7 Å². The third-order valence-electron chi connectivity index (χ3n) is 4.44. The summed E-state index contributed by atoms with van der Waals surface area (Å²) in [5, 5.41) is 10.6. The number of aromatic nitrogens is 4. The lowest BCUT2D eigenvalue weighted by Crippen LogP contribution is -2.35. The number of hydrogen-bond donors (Lipinski definition) is 5. The molecule has 3 rings (SSSR count). The molecule has 2 aromatic rings. The zero-order valence-corrected chi connectivity index (χ0v) is 20.4. The highest BCUT2D eigenvalue weighted by Gasteiger charge is 2.48. The molecule has 2 aromatic heterocycles. The van der Waals surface area contributed by atoms with Crippen molar-refractivity contribution in [2.45, 2.75) is 24.5 Å². The van der Waals surface area contributed by atoms with Crippen LogP contribution in [0.4, 0.5) is 5.82 Å². The minimum absolute atomic E-state index is 0.339. The van der Waals surface area contributed by atoms with Crippen LogP contribution in [0.2, 0.25) is 0 Å². The quantitative estimate of drug-likeness (QED) is 0.235. The molecule has 0 bridgehead atoms. The second-order valence-corrected chi connectivity index (χ2v) is 11.5. The standard InChI is InChI=1S/C13H22N5O13P3/c1-17(2)11-8-12(15-5-14-11)18(6-16-8)13-10(27-3)9(19)7(29-13)4-28-33(23,24)31-34(25,26)30-32(20,21)22/h5-7,9-10,13,19H,4H2,1-3H3,(H,23,24)(H,25,26)(H2,20,21,22)/t7-,9-,10-,13-/m1/s1. The molecule has 0 saturated carbocycles. The van der Waals surface area contributed by atoms with Gasteiger partial charge in [-0.3, -0.25) is 9.09 Å². The summed E-state index contributed by atoms with van der Waals surface area (Å²) in [6.07, 6.45) is -2.10. The molecule has 1 fully saturated rings. The first kappa shape index (κ1) is 27.2. The first-order chi connectivity index (χ1) is 15.6. The van der Waals surface area contributed by atoms with Gasteiger partial charge in [0.25, 0.3) is 0 Å². The van der Waals surface area contributed by atoms with Gasteiger partial charge in [0, 0.05) is 21.2 Å². The summed E-state index contributed by atoms with van der Waals surface area (Å²) in [4.78, 5) is 50.3. The summed E-state index contributed by atoms with van der Waals surface area (Å²) in [7, 11) is -11.8. The van der Waals surface area contributed by atoms with Crippen LogP contribution in [0.1, 0.15) is 6.23 Å². The van der Waals surface area contributed by atoms with E-state index in [4.69, 9.17) is 19.3 Å². The summed E-state index contributed by atoms with van der Waals surface area (Å²) < 4.78 is 58.4. The largest absolute Gasteiger partial charge is 0.490 e. The third-order valence-corrected chi connectivity index (χ3v) is 8.24. The fraction of sp³-hybridized carbons (Fsp3) is 0.615. The lowest BCUT2D eigenvalue weighted by Gasteiger charge is -2.20. The number of imidazole rings is 1. The number of ether oxygens (including phenoxy) is 2. The van der Waals surface area contributed by atoms with Gasteiger partial charge in [-0.2, -0.15) is 8.62 Å².